The van der Waals surface area contributed by atoms with Crippen LogP contribution in [0.3, 0.4) is 0 Å². The maximum atomic E-state index is 13.2. The molecule has 0 aliphatic heterocycles. The van der Waals surface area contributed by atoms with Crippen LogP contribution in [0.25, 0.3) is 0 Å². The highest BCUT2D eigenvalue weighted by Crippen LogP contribution is 2.42. The summed E-state index contributed by atoms with van der Waals surface area (Å²) in [6, 6.07) is 7.80. The molecule has 4 rings (SSSR count). The van der Waals surface area contributed by atoms with Gasteiger partial charge in [-0.05, 0) is 55.2 Å². The largest absolute Gasteiger partial charge is 0.497 e. The summed E-state index contributed by atoms with van der Waals surface area (Å²) < 4.78 is 7.23. The summed E-state index contributed by atoms with van der Waals surface area (Å²) in [6.07, 6.45) is 9.04. The van der Waals surface area contributed by atoms with E-state index in [1.54, 1.807) is 13.3 Å². The number of ether oxygens (including phenoxy) is 1. The Morgan fingerprint density at radius 2 is 1.83 bits per heavy atom. The number of benzene rings is 1. The molecule has 3 atom stereocenters. The second-order valence-electron chi connectivity index (χ2n) is 8.31. The minimum atomic E-state index is -0.283. The summed E-state index contributed by atoms with van der Waals surface area (Å²) in [5.41, 5.74) is 7.40. The van der Waals surface area contributed by atoms with E-state index in [2.05, 4.69) is 10.3 Å². The molecule has 2 aromatic rings. The maximum absolute atomic E-state index is 13.2. The summed E-state index contributed by atoms with van der Waals surface area (Å²) in [7, 11) is 3.60. The average Bonchev–Trinajstić information content (AvgIpc) is 3.11. The molecule has 0 saturated heterocycles. The van der Waals surface area contributed by atoms with Crippen molar-refractivity contribution in [3.8, 4) is 5.75 Å². The first-order chi connectivity index (χ1) is 13.6. The van der Waals surface area contributed by atoms with E-state index in [0.717, 1.165) is 42.8 Å². The van der Waals surface area contributed by atoms with Crippen LogP contribution in [0.1, 0.15) is 49.5 Å². The van der Waals surface area contributed by atoms with E-state index in [-0.39, 0.29) is 48.7 Å². The van der Waals surface area contributed by atoms with Crippen molar-refractivity contribution < 1.29 is 9.53 Å². The highest BCUT2D eigenvalue weighted by atomic mass is 35.5. The fraction of sp³-hybridized carbons (Fsp3) is 0.545. The van der Waals surface area contributed by atoms with Gasteiger partial charge in [-0.1, -0.05) is 18.6 Å². The molecule has 8 heteroatoms. The van der Waals surface area contributed by atoms with Crippen LogP contribution >= 0.6 is 24.8 Å². The van der Waals surface area contributed by atoms with E-state index in [1.807, 2.05) is 42.1 Å². The SMILES string of the molecule is COc1ccc(C(NC(=O)C2CC3CCCC(C2)C3N)c2nccn2C)cc1.Cl.Cl. The zero-order valence-electron chi connectivity index (χ0n) is 17.5. The molecule has 166 valence electrons. The minimum Gasteiger partial charge on any atom is -0.497 e. The van der Waals surface area contributed by atoms with Crippen molar-refractivity contribution in [2.75, 3.05) is 7.11 Å². The third-order valence-corrected chi connectivity index (χ3v) is 6.64. The van der Waals surface area contributed by atoms with Crippen molar-refractivity contribution in [3.05, 3.63) is 48.0 Å². The third-order valence-electron chi connectivity index (χ3n) is 6.64. The fourth-order valence-electron chi connectivity index (χ4n) is 5.01. The van der Waals surface area contributed by atoms with E-state index in [1.165, 1.54) is 6.42 Å². The number of imidazole rings is 1. The minimum absolute atomic E-state index is 0. The molecule has 1 heterocycles. The van der Waals surface area contributed by atoms with Gasteiger partial charge in [0.1, 0.15) is 17.6 Å². The Labute approximate surface area is 190 Å². The standard InChI is InChI=1S/C22H30N4O2.2ClH/c1-26-11-10-24-21(26)20(14-6-8-18(28-2)9-7-14)25-22(27)17-12-15-4-3-5-16(13-17)19(15)23;;/h6-11,15-17,19-20H,3-5,12-13,23H2,1-2H3,(H,25,27);2*1H. The number of fused-ring (bicyclic) bond motifs is 2. The number of carbonyl (C=O) groups excluding carboxylic acids is 1. The second kappa shape index (κ2) is 10.5. The normalized spacial score (nSPS) is 26.0. The van der Waals surface area contributed by atoms with Crippen molar-refractivity contribution in [1.29, 1.82) is 0 Å². The van der Waals surface area contributed by atoms with E-state index < -0.39 is 0 Å². The molecule has 2 bridgehead atoms. The van der Waals surface area contributed by atoms with Gasteiger partial charge in [0.25, 0.3) is 0 Å². The van der Waals surface area contributed by atoms with Crippen molar-refractivity contribution in [2.24, 2.45) is 30.5 Å². The van der Waals surface area contributed by atoms with Gasteiger partial charge in [0.05, 0.1) is 7.11 Å². The number of nitrogens with one attached hydrogen (secondary N) is 1. The summed E-state index contributed by atoms with van der Waals surface area (Å²) in [5.74, 6) is 2.74. The van der Waals surface area contributed by atoms with Crippen molar-refractivity contribution in [1.82, 2.24) is 14.9 Å². The number of nitrogens with two attached hydrogens (primary N) is 1. The van der Waals surface area contributed by atoms with Gasteiger partial charge in [-0.3, -0.25) is 4.79 Å². The molecule has 2 aliphatic rings. The zero-order valence-corrected chi connectivity index (χ0v) is 19.1. The van der Waals surface area contributed by atoms with Gasteiger partial charge in [-0.2, -0.15) is 0 Å². The van der Waals surface area contributed by atoms with Crippen LogP contribution in [0, 0.1) is 17.8 Å². The number of rotatable bonds is 5. The molecule has 30 heavy (non-hydrogen) atoms. The molecule has 0 spiro atoms. The third kappa shape index (κ3) is 4.93. The number of carbonyl (C=O) groups is 1. The molecule has 3 N–H and O–H groups in total. The quantitative estimate of drug-likeness (QED) is 0.722. The summed E-state index contributed by atoms with van der Waals surface area (Å²) >= 11 is 0. The predicted octanol–water partition coefficient (Wildman–Crippen LogP) is 3.63. The first-order valence-corrected chi connectivity index (χ1v) is 10.2. The lowest BCUT2D eigenvalue weighted by Gasteiger charge is -2.43. The molecule has 3 unspecified atom stereocenters. The molecule has 1 aromatic carbocycles. The molecule has 2 fully saturated rings. The van der Waals surface area contributed by atoms with Crippen LogP contribution in [0.2, 0.25) is 0 Å². The van der Waals surface area contributed by atoms with Gasteiger partial charge < -0.3 is 20.4 Å². The lowest BCUT2D eigenvalue weighted by Crippen LogP contribution is -2.49. The number of aryl methyl sites for hydroxylation is 1. The fourth-order valence-corrected chi connectivity index (χ4v) is 5.01. The second-order valence-corrected chi connectivity index (χ2v) is 8.31. The molecule has 1 amide bonds. The average molecular weight is 455 g/mol. The van der Waals surface area contributed by atoms with Crippen LogP contribution in [0.15, 0.2) is 36.7 Å². The molecule has 0 radical (unpaired) electrons. The number of nitrogens with zero attached hydrogens (tertiary/aromatic N) is 2. The van der Waals surface area contributed by atoms with Gasteiger partial charge >= 0.3 is 0 Å². The van der Waals surface area contributed by atoms with E-state index in [4.69, 9.17) is 10.5 Å². The Hall–Kier alpha value is -1.76. The molecular formula is C22H32Cl2N4O2. The van der Waals surface area contributed by atoms with Crippen molar-refractivity contribution in [2.45, 2.75) is 44.2 Å². The van der Waals surface area contributed by atoms with E-state index in [9.17, 15) is 4.79 Å². The predicted molar refractivity (Wildman–Crippen MR) is 122 cm³/mol. The topological polar surface area (TPSA) is 82.2 Å². The van der Waals surface area contributed by atoms with E-state index in [0.29, 0.717) is 11.8 Å². The van der Waals surface area contributed by atoms with Crippen LogP contribution in [-0.4, -0.2) is 28.6 Å². The highest BCUT2D eigenvalue weighted by Gasteiger charge is 2.41. The van der Waals surface area contributed by atoms with Crippen molar-refractivity contribution in [3.63, 3.8) is 0 Å². The number of amides is 1. The molecular weight excluding hydrogens is 423 g/mol. The summed E-state index contributed by atoms with van der Waals surface area (Å²) in [4.78, 5) is 17.7. The van der Waals surface area contributed by atoms with Gasteiger partial charge in [-0.25, -0.2) is 4.98 Å². The Bertz CT molecular complexity index is 813. The van der Waals surface area contributed by atoms with Gasteiger partial charge in [0, 0.05) is 31.4 Å². The molecule has 1 aromatic heterocycles. The Morgan fingerprint density at radius 3 is 2.37 bits per heavy atom. The Morgan fingerprint density at radius 1 is 1.20 bits per heavy atom. The number of hydrogen-bond acceptors (Lipinski definition) is 4. The lowest BCUT2D eigenvalue weighted by molar-refractivity contribution is -0.128. The first-order valence-electron chi connectivity index (χ1n) is 10.2. The van der Waals surface area contributed by atoms with Gasteiger partial charge in [-0.15, -0.1) is 24.8 Å². The number of aromatic nitrogens is 2. The smallest absolute Gasteiger partial charge is 0.223 e. The Balaban J connectivity index is 0.00000160. The Kier molecular flexibility index (Phi) is 8.59. The van der Waals surface area contributed by atoms with Crippen LogP contribution in [0.5, 0.6) is 5.75 Å². The summed E-state index contributed by atoms with van der Waals surface area (Å²) in [5, 5.41) is 3.28. The maximum Gasteiger partial charge on any atom is 0.223 e. The molecule has 2 saturated carbocycles. The zero-order chi connectivity index (χ0) is 19.7. The van der Waals surface area contributed by atoms with E-state index >= 15 is 0 Å². The van der Waals surface area contributed by atoms with Gasteiger partial charge in [0.2, 0.25) is 5.91 Å². The number of hydrogen-bond donors (Lipinski definition) is 2. The van der Waals surface area contributed by atoms with Crippen molar-refractivity contribution >= 4 is 30.7 Å². The van der Waals surface area contributed by atoms with Gasteiger partial charge in [0.15, 0.2) is 0 Å². The van der Waals surface area contributed by atoms with Crippen LogP contribution < -0.4 is 15.8 Å². The monoisotopic (exact) mass is 454 g/mol. The lowest BCUT2D eigenvalue weighted by atomic mass is 9.65. The van der Waals surface area contributed by atoms with Crippen LogP contribution in [0.4, 0.5) is 0 Å². The number of halogens is 2. The number of methoxy groups -OCH3 is 1. The summed E-state index contributed by atoms with van der Waals surface area (Å²) in [6.45, 7) is 0. The molecule has 6 nitrogen and oxygen atoms in total. The van der Waals surface area contributed by atoms with Crippen LogP contribution in [-0.2, 0) is 11.8 Å². The highest BCUT2D eigenvalue weighted by molar-refractivity contribution is 5.85. The molecule has 2 aliphatic carbocycles. The first kappa shape index (κ1) is 24.5.